The normalized spacial score (nSPS) is 21.0. The van der Waals surface area contributed by atoms with E-state index in [2.05, 4.69) is 10.4 Å². The molecule has 3 aromatic rings. The van der Waals surface area contributed by atoms with Gasteiger partial charge in [0.2, 0.25) is 0 Å². The second kappa shape index (κ2) is 6.93. The zero-order valence-corrected chi connectivity index (χ0v) is 15.9. The molecule has 0 saturated heterocycles. The maximum atomic E-state index is 13.8. The van der Waals surface area contributed by atoms with Crippen LogP contribution in [-0.2, 0) is 6.42 Å². The Balaban J connectivity index is 1.55. The fraction of sp³-hybridized carbons (Fsp3) is 0.333. The van der Waals surface area contributed by atoms with Gasteiger partial charge in [-0.05, 0) is 36.6 Å². The number of aryl methyl sites for hydroxylation is 1. The largest absolute Gasteiger partial charge is 0.467 e. The van der Waals surface area contributed by atoms with Gasteiger partial charge in [0.15, 0.2) is 6.04 Å². The van der Waals surface area contributed by atoms with E-state index >= 15 is 0 Å². The molecule has 1 aromatic carbocycles. The van der Waals surface area contributed by atoms with Crippen molar-refractivity contribution in [2.24, 2.45) is 0 Å². The Bertz CT molecular complexity index is 1070. The molecule has 0 fully saturated rings. The number of aromatic nitrogens is 2. The summed E-state index contributed by atoms with van der Waals surface area (Å²) in [6.45, 7) is 0.505. The number of alkyl halides is 3. The fourth-order valence-corrected chi connectivity index (χ4v) is 4.29. The highest BCUT2D eigenvalue weighted by Crippen LogP contribution is 2.44. The summed E-state index contributed by atoms with van der Waals surface area (Å²) in [6.07, 6.45) is -0.480. The topological polar surface area (TPSA) is 63.3 Å². The van der Waals surface area contributed by atoms with Gasteiger partial charge in [0.05, 0.1) is 18.5 Å². The van der Waals surface area contributed by atoms with E-state index in [4.69, 9.17) is 4.42 Å². The van der Waals surface area contributed by atoms with Crippen molar-refractivity contribution >= 4 is 17.4 Å². The number of furan rings is 1. The third kappa shape index (κ3) is 3.05. The molecular weight excluding hydrogens is 397 g/mol. The number of para-hydroxylation sites is 1. The number of carbonyl (C=O) groups is 1. The first kappa shape index (κ1) is 18.8. The van der Waals surface area contributed by atoms with Gasteiger partial charge in [-0.1, -0.05) is 18.2 Å². The SMILES string of the molecule is O=C(c1cnn2c1N[C@@H](c1ccco1)C[C@@H]2C(F)(F)F)N1CCCc2ccccc21. The Morgan fingerprint density at radius 2 is 2.03 bits per heavy atom. The predicted molar refractivity (Wildman–Crippen MR) is 103 cm³/mol. The lowest BCUT2D eigenvalue weighted by Gasteiger charge is -2.34. The maximum absolute atomic E-state index is 13.8. The molecule has 0 saturated carbocycles. The van der Waals surface area contributed by atoms with Gasteiger partial charge in [-0.25, -0.2) is 4.68 Å². The van der Waals surface area contributed by atoms with E-state index in [1.807, 2.05) is 24.3 Å². The van der Waals surface area contributed by atoms with Crippen LogP contribution in [0.4, 0.5) is 24.7 Å². The molecule has 9 heteroatoms. The lowest BCUT2D eigenvalue weighted by atomic mass is 10.00. The van der Waals surface area contributed by atoms with Gasteiger partial charge in [0.25, 0.3) is 5.91 Å². The average molecular weight is 416 g/mol. The summed E-state index contributed by atoms with van der Waals surface area (Å²) >= 11 is 0. The first-order valence-electron chi connectivity index (χ1n) is 9.77. The maximum Gasteiger partial charge on any atom is 0.410 e. The van der Waals surface area contributed by atoms with Crippen LogP contribution in [0.1, 0.15) is 46.6 Å². The van der Waals surface area contributed by atoms with Crippen LogP contribution >= 0.6 is 0 Å². The van der Waals surface area contributed by atoms with E-state index in [1.165, 1.54) is 12.5 Å². The van der Waals surface area contributed by atoms with E-state index in [0.29, 0.717) is 12.3 Å². The standard InChI is InChI=1S/C21H19F3N4O2/c22-21(23,24)18-11-15(17-8-4-10-30-17)26-19-14(12-25-28(18)19)20(29)27-9-3-6-13-5-1-2-7-16(13)27/h1-2,4-5,7-8,10,12,15,18,26H,3,6,9,11H2/t15-,18-/m1/s1. The Hall–Kier alpha value is -3.23. The Kier molecular flexibility index (Phi) is 4.34. The minimum absolute atomic E-state index is 0.0676. The van der Waals surface area contributed by atoms with E-state index in [0.717, 1.165) is 28.8 Å². The molecule has 0 bridgehead atoms. The van der Waals surface area contributed by atoms with Gasteiger partial charge in [-0.15, -0.1) is 0 Å². The van der Waals surface area contributed by atoms with Crippen molar-refractivity contribution in [1.82, 2.24) is 9.78 Å². The summed E-state index contributed by atoms with van der Waals surface area (Å²) in [5.41, 5.74) is 1.96. The number of rotatable bonds is 2. The van der Waals surface area contributed by atoms with Crippen LogP contribution in [-0.4, -0.2) is 28.4 Å². The zero-order valence-electron chi connectivity index (χ0n) is 15.9. The molecule has 2 aromatic heterocycles. The number of hydrogen-bond acceptors (Lipinski definition) is 4. The van der Waals surface area contributed by atoms with Crippen LogP contribution < -0.4 is 10.2 Å². The molecule has 0 spiro atoms. The van der Waals surface area contributed by atoms with Crippen molar-refractivity contribution in [1.29, 1.82) is 0 Å². The number of fused-ring (bicyclic) bond motifs is 2. The van der Waals surface area contributed by atoms with Crippen molar-refractivity contribution in [3.8, 4) is 0 Å². The Morgan fingerprint density at radius 1 is 1.20 bits per heavy atom. The Labute approximate surface area is 170 Å². The van der Waals surface area contributed by atoms with Crippen molar-refractivity contribution in [2.45, 2.75) is 37.5 Å². The minimum Gasteiger partial charge on any atom is -0.467 e. The van der Waals surface area contributed by atoms with Crippen LogP contribution in [0.3, 0.4) is 0 Å². The first-order chi connectivity index (χ1) is 14.4. The van der Waals surface area contributed by atoms with Gasteiger partial charge in [0.1, 0.15) is 17.1 Å². The number of carbonyl (C=O) groups excluding carboxylic acids is 1. The molecule has 0 aliphatic carbocycles. The molecule has 30 heavy (non-hydrogen) atoms. The molecule has 1 N–H and O–H groups in total. The number of amides is 1. The molecule has 2 aliphatic heterocycles. The second-order valence-electron chi connectivity index (χ2n) is 7.55. The summed E-state index contributed by atoms with van der Waals surface area (Å²) in [5.74, 6) is 0.0911. The number of nitrogens with one attached hydrogen (secondary N) is 1. The number of anilines is 2. The quantitative estimate of drug-likeness (QED) is 0.656. The number of halogens is 3. The monoisotopic (exact) mass is 416 g/mol. The molecule has 0 radical (unpaired) electrons. The summed E-state index contributed by atoms with van der Waals surface area (Å²) in [6, 6.07) is 8.28. The molecule has 5 rings (SSSR count). The molecule has 4 heterocycles. The highest BCUT2D eigenvalue weighted by Gasteiger charge is 2.48. The van der Waals surface area contributed by atoms with E-state index in [1.54, 1.807) is 17.0 Å². The summed E-state index contributed by atoms with van der Waals surface area (Å²) in [5, 5.41) is 7.00. The third-order valence-corrected chi connectivity index (χ3v) is 5.71. The van der Waals surface area contributed by atoms with Crippen molar-refractivity contribution in [2.75, 3.05) is 16.8 Å². The van der Waals surface area contributed by atoms with Gasteiger partial charge >= 0.3 is 6.18 Å². The first-order valence-corrected chi connectivity index (χ1v) is 9.77. The molecule has 6 nitrogen and oxygen atoms in total. The highest BCUT2D eigenvalue weighted by molar-refractivity contribution is 6.09. The summed E-state index contributed by atoms with van der Waals surface area (Å²) < 4.78 is 47.6. The van der Waals surface area contributed by atoms with Gasteiger partial charge in [-0.2, -0.15) is 18.3 Å². The second-order valence-corrected chi connectivity index (χ2v) is 7.55. The Morgan fingerprint density at radius 3 is 2.80 bits per heavy atom. The minimum atomic E-state index is -4.51. The van der Waals surface area contributed by atoms with Crippen LogP contribution in [0.2, 0.25) is 0 Å². The number of benzene rings is 1. The number of nitrogens with zero attached hydrogens (tertiary/aromatic N) is 3. The van der Waals surface area contributed by atoms with E-state index in [-0.39, 0.29) is 23.7 Å². The predicted octanol–water partition coefficient (Wildman–Crippen LogP) is 4.73. The highest BCUT2D eigenvalue weighted by atomic mass is 19.4. The van der Waals surface area contributed by atoms with E-state index in [9.17, 15) is 18.0 Å². The lowest BCUT2D eigenvalue weighted by molar-refractivity contribution is -0.174. The van der Waals surface area contributed by atoms with Crippen molar-refractivity contribution in [3.63, 3.8) is 0 Å². The lowest BCUT2D eigenvalue weighted by Crippen LogP contribution is -2.38. The molecule has 156 valence electrons. The van der Waals surface area contributed by atoms with Crippen LogP contribution in [0.25, 0.3) is 0 Å². The summed E-state index contributed by atoms with van der Waals surface area (Å²) in [4.78, 5) is 15.0. The van der Waals surface area contributed by atoms with Crippen molar-refractivity contribution < 1.29 is 22.4 Å². The smallest absolute Gasteiger partial charge is 0.410 e. The van der Waals surface area contributed by atoms with Gasteiger partial charge in [0, 0.05) is 18.7 Å². The molecule has 2 aliphatic rings. The van der Waals surface area contributed by atoms with Crippen molar-refractivity contribution in [3.05, 3.63) is 65.7 Å². The van der Waals surface area contributed by atoms with E-state index < -0.39 is 18.3 Å². The molecular formula is C21H19F3N4O2. The zero-order chi connectivity index (χ0) is 20.9. The van der Waals surface area contributed by atoms with Crippen LogP contribution in [0.5, 0.6) is 0 Å². The fourth-order valence-electron chi connectivity index (χ4n) is 4.29. The molecule has 1 amide bonds. The molecule has 2 atom stereocenters. The van der Waals surface area contributed by atoms with Gasteiger partial charge < -0.3 is 14.6 Å². The van der Waals surface area contributed by atoms with Crippen LogP contribution in [0, 0.1) is 0 Å². The van der Waals surface area contributed by atoms with Crippen LogP contribution in [0.15, 0.2) is 53.3 Å². The molecule has 0 unspecified atom stereocenters. The number of hydrogen-bond donors (Lipinski definition) is 1. The third-order valence-electron chi connectivity index (χ3n) is 5.71. The van der Waals surface area contributed by atoms with Gasteiger partial charge in [-0.3, -0.25) is 4.79 Å². The summed E-state index contributed by atoms with van der Waals surface area (Å²) in [7, 11) is 0. The average Bonchev–Trinajstić information content (AvgIpc) is 3.41.